The minimum absolute atomic E-state index is 0.115. The Hall–Kier alpha value is -2.53. The first-order chi connectivity index (χ1) is 13.2. The van der Waals surface area contributed by atoms with Gasteiger partial charge in [-0.1, -0.05) is 24.3 Å². The molecule has 1 aliphatic rings. The summed E-state index contributed by atoms with van der Waals surface area (Å²) >= 11 is 0. The second-order valence-corrected chi connectivity index (χ2v) is 7.01. The number of piperidine rings is 1. The number of rotatable bonds is 7. The molecular weight excluding hydrogens is 340 g/mol. The van der Waals surface area contributed by atoms with Crippen LogP contribution < -0.4 is 19.7 Å². The van der Waals surface area contributed by atoms with Crippen molar-refractivity contribution in [3.63, 3.8) is 0 Å². The molecular formula is C22H29N2O3+. The van der Waals surface area contributed by atoms with Gasteiger partial charge in [-0.15, -0.1) is 0 Å². The maximum atomic E-state index is 12.6. The predicted molar refractivity (Wildman–Crippen MR) is 105 cm³/mol. The van der Waals surface area contributed by atoms with Crippen molar-refractivity contribution in [2.75, 3.05) is 27.3 Å². The number of hydrogen-bond acceptors (Lipinski definition) is 3. The zero-order chi connectivity index (χ0) is 19.1. The van der Waals surface area contributed by atoms with Crippen LogP contribution in [0.15, 0.2) is 42.5 Å². The molecule has 0 atom stereocenters. The molecule has 0 aliphatic carbocycles. The van der Waals surface area contributed by atoms with Gasteiger partial charge in [0.05, 0.1) is 27.3 Å². The Labute approximate surface area is 161 Å². The molecule has 1 fully saturated rings. The summed E-state index contributed by atoms with van der Waals surface area (Å²) in [6, 6.07) is 13.6. The summed E-state index contributed by atoms with van der Waals surface area (Å²) < 4.78 is 10.5. The Balaban J connectivity index is 1.65. The lowest BCUT2D eigenvalue weighted by atomic mass is 10.0. The number of ether oxygens (including phenoxy) is 2. The van der Waals surface area contributed by atoms with Crippen molar-refractivity contribution in [3.8, 4) is 11.5 Å². The number of nitrogens with one attached hydrogen (secondary N) is 2. The van der Waals surface area contributed by atoms with Crippen LogP contribution in [0.5, 0.6) is 11.5 Å². The van der Waals surface area contributed by atoms with E-state index in [9.17, 15) is 4.79 Å². The van der Waals surface area contributed by atoms with E-state index in [0.29, 0.717) is 23.6 Å². The van der Waals surface area contributed by atoms with E-state index >= 15 is 0 Å². The number of methoxy groups -OCH3 is 2. The molecule has 0 spiro atoms. The normalized spacial score (nSPS) is 14.6. The maximum Gasteiger partial charge on any atom is 0.251 e. The molecule has 2 aromatic rings. The summed E-state index contributed by atoms with van der Waals surface area (Å²) in [6.45, 7) is 4.04. The average Bonchev–Trinajstić information content (AvgIpc) is 2.73. The molecule has 1 aliphatic heterocycles. The third kappa shape index (κ3) is 5.01. The van der Waals surface area contributed by atoms with Crippen LogP contribution in [-0.2, 0) is 13.1 Å². The van der Waals surface area contributed by atoms with E-state index in [1.54, 1.807) is 37.3 Å². The van der Waals surface area contributed by atoms with Gasteiger partial charge in [-0.2, -0.15) is 0 Å². The lowest BCUT2D eigenvalue weighted by molar-refractivity contribution is -0.918. The van der Waals surface area contributed by atoms with Crippen LogP contribution in [0, 0.1) is 0 Å². The molecule has 1 heterocycles. The number of hydrogen-bond donors (Lipinski definition) is 2. The Morgan fingerprint density at radius 1 is 0.963 bits per heavy atom. The van der Waals surface area contributed by atoms with Crippen LogP contribution in [0.3, 0.4) is 0 Å². The summed E-state index contributed by atoms with van der Waals surface area (Å²) in [4.78, 5) is 14.2. The summed E-state index contributed by atoms with van der Waals surface area (Å²) in [5, 5.41) is 3.04. The highest BCUT2D eigenvalue weighted by Crippen LogP contribution is 2.27. The van der Waals surface area contributed by atoms with Crippen molar-refractivity contribution < 1.29 is 19.2 Å². The number of likely N-dealkylation sites (tertiary alicyclic amines) is 1. The molecule has 2 aromatic carbocycles. The monoisotopic (exact) mass is 369 g/mol. The molecule has 0 unspecified atom stereocenters. The second kappa shape index (κ2) is 9.42. The molecule has 1 saturated heterocycles. The van der Waals surface area contributed by atoms with Crippen molar-refractivity contribution in [2.24, 2.45) is 0 Å². The molecule has 144 valence electrons. The minimum Gasteiger partial charge on any atom is -0.493 e. The van der Waals surface area contributed by atoms with Crippen LogP contribution in [0.1, 0.15) is 40.7 Å². The fourth-order valence-electron chi connectivity index (χ4n) is 3.66. The zero-order valence-corrected chi connectivity index (χ0v) is 16.2. The first-order valence-electron chi connectivity index (χ1n) is 9.62. The summed E-state index contributed by atoms with van der Waals surface area (Å²) in [7, 11) is 3.15. The van der Waals surface area contributed by atoms with Crippen LogP contribution in [0.25, 0.3) is 0 Å². The van der Waals surface area contributed by atoms with Crippen molar-refractivity contribution in [1.29, 1.82) is 0 Å². The molecule has 5 heteroatoms. The number of quaternary nitrogens is 1. The molecule has 0 radical (unpaired) electrons. The van der Waals surface area contributed by atoms with E-state index in [0.717, 1.165) is 6.54 Å². The summed E-state index contributed by atoms with van der Waals surface area (Å²) in [6.07, 6.45) is 3.98. The molecule has 1 amide bonds. The quantitative estimate of drug-likeness (QED) is 0.787. The Morgan fingerprint density at radius 2 is 1.67 bits per heavy atom. The smallest absolute Gasteiger partial charge is 0.251 e. The van der Waals surface area contributed by atoms with Crippen molar-refractivity contribution in [3.05, 3.63) is 59.2 Å². The van der Waals surface area contributed by atoms with E-state index in [1.165, 1.54) is 43.5 Å². The van der Waals surface area contributed by atoms with Crippen LogP contribution >= 0.6 is 0 Å². The summed E-state index contributed by atoms with van der Waals surface area (Å²) in [5.41, 5.74) is 3.07. The molecule has 0 saturated carbocycles. The first kappa shape index (κ1) is 19.2. The molecule has 0 aromatic heterocycles. The van der Waals surface area contributed by atoms with E-state index in [2.05, 4.69) is 23.5 Å². The number of carbonyl (C=O) groups excluding carboxylic acids is 1. The minimum atomic E-state index is -0.115. The zero-order valence-electron chi connectivity index (χ0n) is 16.2. The van der Waals surface area contributed by atoms with Crippen LogP contribution in [0.4, 0.5) is 0 Å². The largest absolute Gasteiger partial charge is 0.493 e. The van der Waals surface area contributed by atoms with Crippen LogP contribution in [-0.4, -0.2) is 33.2 Å². The standard InChI is InChI=1S/C22H28N2O3/c1-26-20-11-10-17(14-21(20)27-2)22(25)23-15-18-8-4-5-9-19(18)16-24-12-6-3-7-13-24/h4-5,8-11,14H,3,6-7,12-13,15-16H2,1-2H3,(H,23,25)/p+1. The predicted octanol–water partition coefficient (Wildman–Crippen LogP) is 2.20. The van der Waals surface area contributed by atoms with Crippen molar-refractivity contribution in [1.82, 2.24) is 5.32 Å². The van der Waals surface area contributed by atoms with Gasteiger partial charge in [0, 0.05) is 17.7 Å². The highest BCUT2D eigenvalue weighted by atomic mass is 16.5. The molecule has 27 heavy (non-hydrogen) atoms. The second-order valence-electron chi connectivity index (χ2n) is 7.01. The number of benzene rings is 2. The van der Waals surface area contributed by atoms with Gasteiger partial charge in [-0.05, 0) is 43.0 Å². The Morgan fingerprint density at radius 3 is 2.37 bits per heavy atom. The number of carbonyl (C=O) groups is 1. The maximum absolute atomic E-state index is 12.6. The fourth-order valence-corrected chi connectivity index (χ4v) is 3.66. The first-order valence-corrected chi connectivity index (χ1v) is 9.62. The lowest BCUT2D eigenvalue weighted by Crippen LogP contribution is -3.11. The van der Waals surface area contributed by atoms with Gasteiger partial charge < -0.3 is 19.7 Å². The molecule has 3 rings (SSSR count). The summed E-state index contributed by atoms with van der Waals surface area (Å²) in [5.74, 6) is 1.05. The third-order valence-corrected chi connectivity index (χ3v) is 5.20. The van der Waals surface area contributed by atoms with Gasteiger partial charge in [0.25, 0.3) is 5.91 Å². The highest BCUT2D eigenvalue weighted by Gasteiger charge is 2.16. The average molecular weight is 369 g/mol. The number of amides is 1. The lowest BCUT2D eigenvalue weighted by Gasteiger charge is -2.24. The van der Waals surface area contributed by atoms with E-state index in [1.807, 2.05) is 6.07 Å². The fraction of sp³-hybridized carbons (Fsp3) is 0.409. The SMILES string of the molecule is COc1ccc(C(=O)NCc2ccccc2C[NH+]2CCCCC2)cc1OC. The Bertz CT molecular complexity index is 770. The highest BCUT2D eigenvalue weighted by molar-refractivity contribution is 5.94. The van der Waals surface area contributed by atoms with Gasteiger partial charge in [-0.3, -0.25) is 4.79 Å². The van der Waals surface area contributed by atoms with Gasteiger partial charge >= 0.3 is 0 Å². The Kier molecular flexibility index (Phi) is 6.71. The van der Waals surface area contributed by atoms with E-state index in [-0.39, 0.29) is 5.91 Å². The molecule has 0 bridgehead atoms. The van der Waals surface area contributed by atoms with Crippen molar-refractivity contribution in [2.45, 2.75) is 32.4 Å². The van der Waals surface area contributed by atoms with Gasteiger partial charge in [-0.25, -0.2) is 0 Å². The molecule has 2 N–H and O–H groups in total. The van der Waals surface area contributed by atoms with Gasteiger partial charge in [0.1, 0.15) is 6.54 Å². The van der Waals surface area contributed by atoms with Gasteiger partial charge in [0.15, 0.2) is 11.5 Å². The van der Waals surface area contributed by atoms with E-state index < -0.39 is 0 Å². The van der Waals surface area contributed by atoms with E-state index in [4.69, 9.17) is 9.47 Å². The third-order valence-electron chi connectivity index (χ3n) is 5.20. The molecule has 5 nitrogen and oxygen atoms in total. The van der Waals surface area contributed by atoms with Crippen LogP contribution in [0.2, 0.25) is 0 Å². The van der Waals surface area contributed by atoms with Crippen molar-refractivity contribution >= 4 is 5.91 Å². The van der Waals surface area contributed by atoms with Gasteiger partial charge in [0.2, 0.25) is 0 Å². The topological polar surface area (TPSA) is 52.0 Å².